The van der Waals surface area contributed by atoms with E-state index in [4.69, 9.17) is 14.2 Å². The Bertz CT molecular complexity index is 1320. The molecule has 1 heterocycles. The van der Waals surface area contributed by atoms with E-state index in [1.54, 1.807) is 33.1 Å². The van der Waals surface area contributed by atoms with Crippen molar-refractivity contribution in [1.82, 2.24) is 0 Å². The van der Waals surface area contributed by atoms with Crippen molar-refractivity contribution in [1.29, 1.82) is 0 Å². The number of carbonyl (C=O) groups excluding carboxylic acids is 2. The van der Waals surface area contributed by atoms with Crippen LogP contribution in [-0.4, -0.2) is 24.8 Å². The Labute approximate surface area is 237 Å². The molecular weight excluding hydrogens is 502 g/mol. The molecule has 210 valence electrons. The summed E-state index contributed by atoms with van der Waals surface area (Å²) in [4.78, 5) is 27.9. The lowest BCUT2D eigenvalue weighted by atomic mass is 10.0. The van der Waals surface area contributed by atoms with Gasteiger partial charge in [0.2, 0.25) is 11.7 Å². The number of benzene rings is 3. The van der Waals surface area contributed by atoms with Gasteiger partial charge < -0.3 is 19.1 Å². The fourth-order valence-corrected chi connectivity index (χ4v) is 5.66. The van der Waals surface area contributed by atoms with E-state index in [1.165, 1.54) is 36.8 Å². The summed E-state index contributed by atoms with van der Waals surface area (Å²) in [7, 11) is 1.68. The molecule has 5 rings (SSSR count). The van der Waals surface area contributed by atoms with Gasteiger partial charge in [-0.2, -0.15) is 0 Å². The van der Waals surface area contributed by atoms with Crippen LogP contribution in [0.3, 0.4) is 0 Å². The van der Waals surface area contributed by atoms with Crippen LogP contribution in [0.5, 0.6) is 11.5 Å². The van der Waals surface area contributed by atoms with Crippen LogP contribution >= 0.6 is 0 Å². The molecule has 0 unspecified atom stereocenters. The van der Waals surface area contributed by atoms with Crippen molar-refractivity contribution in [2.24, 2.45) is 5.92 Å². The Balaban J connectivity index is 1.31. The fraction of sp³-hybridized carbons (Fsp3) is 0.412. The molecule has 2 aliphatic rings. The SMILES string of the molecule is COc1ccc(CCc2ccc(CN(C(=O)CCC3CCCC3)c3ccc4c(c3)OC(C)(C)OC4=O)cc2)cc1. The number of hydrogen-bond acceptors (Lipinski definition) is 5. The summed E-state index contributed by atoms with van der Waals surface area (Å²) in [5, 5.41) is 0. The summed E-state index contributed by atoms with van der Waals surface area (Å²) in [5.74, 6) is 0.570. The third-order valence-corrected chi connectivity index (χ3v) is 7.96. The van der Waals surface area contributed by atoms with E-state index in [2.05, 4.69) is 36.4 Å². The molecule has 6 heteroatoms. The zero-order valence-electron chi connectivity index (χ0n) is 23.8. The number of hydrogen-bond donors (Lipinski definition) is 0. The first-order valence-electron chi connectivity index (χ1n) is 14.4. The van der Waals surface area contributed by atoms with Gasteiger partial charge in [0.15, 0.2) is 0 Å². The molecule has 0 saturated heterocycles. The van der Waals surface area contributed by atoms with Crippen molar-refractivity contribution in [3.05, 3.63) is 89.0 Å². The van der Waals surface area contributed by atoms with Gasteiger partial charge in [0.25, 0.3) is 0 Å². The molecule has 0 atom stereocenters. The average molecular weight is 542 g/mol. The minimum absolute atomic E-state index is 0.0908. The largest absolute Gasteiger partial charge is 0.497 e. The third kappa shape index (κ3) is 6.85. The number of cyclic esters (lactones) is 1. The zero-order valence-corrected chi connectivity index (χ0v) is 23.8. The first kappa shape index (κ1) is 27.8. The molecule has 3 aromatic carbocycles. The maximum atomic E-state index is 13.6. The number of esters is 1. The van der Waals surface area contributed by atoms with E-state index >= 15 is 0 Å². The second kappa shape index (κ2) is 12.2. The molecular formula is C34H39NO5. The summed E-state index contributed by atoms with van der Waals surface area (Å²) in [6.45, 7) is 3.87. The fourth-order valence-electron chi connectivity index (χ4n) is 5.66. The molecule has 1 amide bonds. The standard InChI is InChI=1S/C34H39NO5/c1-34(2)39-31-22-28(17-20-30(31)33(37)40-34)35(32(36)21-16-24-6-4-5-7-24)23-27-12-10-25(11-13-27)8-9-26-14-18-29(38-3)19-15-26/h10-15,17-20,22,24H,4-9,16,21,23H2,1-3H3. The van der Waals surface area contributed by atoms with Crippen LogP contribution in [0.1, 0.15) is 79.4 Å². The highest BCUT2D eigenvalue weighted by Gasteiger charge is 2.34. The first-order chi connectivity index (χ1) is 19.3. The molecule has 1 aliphatic carbocycles. The van der Waals surface area contributed by atoms with Crippen molar-refractivity contribution < 1.29 is 23.8 Å². The monoisotopic (exact) mass is 541 g/mol. The lowest BCUT2D eigenvalue weighted by Crippen LogP contribution is -2.39. The maximum Gasteiger partial charge on any atom is 0.345 e. The van der Waals surface area contributed by atoms with E-state index in [0.29, 0.717) is 30.2 Å². The molecule has 0 radical (unpaired) electrons. The number of fused-ring (bicyclic) bond motifs is 1. The highest BCUT2D eigenvalue weighted by molar-refractivity contribution is 5.97. The van der Waals surface area contributed by atoms with Crippen molar-refractivity contribution in [3.63, 3.8) is 0 Å². The van der Waals surface area contributed by atoms with Crippen LogP contribution in [0.15, 0.2) is 66.7 Å². The van der Waals surface area contributed by atoms with Crippen LogP contribution in [0.4, 0.5) is 5.69 Å². The van der Waals surface area contributed by atoms with Crippen molar-refractivity contribution in [3.8, 4) is 11.5 Å². The Morgan fingerprint density at radius 3 is 2.17 bits per heavy atom. The third-order valence-electron chi connectivity index (χ3n) is 7.96. The summed E-state index contributed by atoms with van der Waals surface area (Å²) in [6, 6.07) is 22.0. The predicted octanol–water partition coefficient (Wildman–Crippen LogP) is 7.27. The maximum absolute atomic E-state index is 13.6. The smallest absolute Gasteiger partial charge is 0.345 e. The topological polar surface area (TPSA) is 65.1 Å². The predicted molar refractivity (Wildman–Crippen MR) is 156 cm³/mol. The number of aryl methyl sites for hydroxylation is 2. The molecule has 0 bridgehead atoms. The summed E-state index contributed by atoms with van der Waals surface area (Å²) in [6.07, 6.45) is 8.28. The van der Waals surface area contributed by atoms with Gasteiger partial charge in [-0.05, 0) is 66.1 Å². The number of methoxy groups -OCH3 is 1. The van der Waals surface area contributed by atoms with Crippen LogP contribution in [-0.2, 0) is 28.9 Å². The molecule has 40 heavy (non-hydrogen) atoms. The summed E-state index contributed by atoms with van der Waals surface area (Å²) < 4.78 is 16.6. The Morgan fingerprint density at radius 1 is 0.900 bits per heavy atom. The van der Waals surface area contributed by atoms with Gasteiger partial charge in [0, 0.05) is 32.0 Å². The second-order valence-electron chi connectivity index (χ2n) is 11.4. The number of anilines is 1. The van der Waals surface area contributed by atoms with Gasteiger partial charge in [-0.3, -0.25) is 4.79 Å². The van der Waals surface area contributed by atoms with Gasteiger partial charge in [-0.15, -0.1) is 0 Å². The van der Waals surface area contributed by atoms with E-state index in [1.807, 2.05) is 23.1 Å². The summed E-state index contributed by atoms with van der Waals surface area (Å²) >= 11 is 0. The Kier molecular flexibility index (Phi) is 8.43. The van der Waals surface area contributed by atoms with Crippen molar-refractivity contribution in [2.75, 3.05) is 12.0 Å². The van der Waals surface area contributed by atoms with Crippen molar-refractivity contribution >= 4 is 17.6 Å². The molecule has 3 aromatic rings. The highest BCUT2D eigenvalue weighted by Crippen LogP contribution is 2.35. The molecule has 0 spiro atoms. The number of rotatable bonds is 10. The molecule has 1 fully saturated rings. The number of carbonyl (C=O) groups is 2. The van der Waals surface area contributed by atoms with E-state index < -0.39 is 11.8 Å². The minimum atomic E-state index is -1.05. The van der Waals surface area contributed by atoms with E-state index in [0.717, 1.165) is 36.3 Å². The molecule has 1 aliphatic heterocycles. The Hall–Kier alpha value is -3.80. The molecule has 0 N–H and O–H groups in total. The molecule has 0 aromatic heterocycles. The van der Waals surface area contributed by atoms with Gasteiger partial charge >= 0.3 is 5.97 Å². The number of nitrogens with zero attached hydrogens (tertiary/aromatic N) is 1. The number of amides is 1. The lowest BCUT2D eigenvalue weighted by molar-refractivity contribution is -0.127. The van der Waals surface area contributed by atoms with Crippen LogP contribution in [0, 0.1) is 5.92 Å². The van der Waals surface area contributed by atoms with Crippen molar-refractivity contribution in [2.45, 2.75) is 77.5 Å². The minimum Gasteiger partial charge on any atom is -0.497 e. The van der Waals surface area contributed by atoms with Gasteiger partial charge in [-0.1, -0.05) is 62.1 Å². The zero-order chi connectivity index (χ0) is 28.1. The normalized spacial score (nSPS) is 16.1. The van der Waals surface area contributed by atoms with E-state index in [-0.39, 0.29) is 5.91 Å². The quantitative estimate of drug-likeness (QED) is 0.253. The van der Waals surface area contributed by atoms with Gasteiger partial charge in [-0.25, -0.2) is 4.79 Å². The van der Waals surface area contributed by atoms with E-state index in [9.17, 15) is 9.59 Å². The molecule has 1 saturated carbocycles. The molecule has 6 nitrogen and oxygen atoms in total. The van der Waals surface area contributed by atoms with Crippen LogP contribution < -0.4 is 14.4 Å². The average Bonchev–Trinajstić information content (AvgIpc) is 3.47. The van der Waals surface area contributed by atoms with Gasteiger partial charge in [0.05, 0.1) is 13.7 Å². The number of ether oxygens (including phenoxy) is 3. The second-order valence-corrected chi connectivity index (χ2v) is 11.4. The van der Waals surface area contributed by atoms with Crippen LogP contribution in [0.2, 0.25) is 0 Å². The summed E-state index contributed by atoms with van der Waals surface area (Å²) in [5.41, 5.74) is 4.68. The Morgan fingerprint density at radius 2 is 1.52 bits per heavy atom. The van der Waals surface area contributed by atoms with Gasteiger partial charge in [0.1, 0.15) is 17.1 Å². The highest BCUT2D eigenvalue weighted by atomic mass is 16.7. The van der Waals surface area contributed by atoms with Crippen LogP contribution in [0.25, 0.3) is 0 Å². The first-order valence-corrected chi connectivity index (χ1v) is 14.4. The lowest BCUT2D eigenvalue weighted by Gasteiger charge is -2.32.